The van der Waals surface area contributed by atoms with Crippen LogP contribution in [0, 0.1) is 0 Å². The van der Waals surface area contributed by atoms with Gasteiger partial charge in [-0.25, -0.2) is 0 Å². The fourth-order valence-corrected chi connectivity index (χ4v) is 3.19. The smallest absolute Gasteiger partial charge is 0.0420 e. The maximum absolute atomic E-state index is 5.65. The first-order valence-electron chi connectivity index (χ1n) is 6.65. The number of hydrogen-bond acceptors (Lipinski definition) is 3. The van der Waals surface area contributed by atoms with Gasteiger partial charge < -0.3 is 10.6 Å². The highest BCUT2D eigenvalue weighted by molar-refractivity contribution is 5.57. The molecule has 1 saturated heterocycles. The second-order valence-corrected chi connectivity index (χ2v) is 5.10. The predicted octanol–water partition coefficient (Wildman–Crippen LogP) is 1.08. The van der Waals surface area contributed by atoms with E-state index in [-0.39, 0.29) is 0 Å². The maximum atomic E-state index is 5.65. The molecule has 2 aliphatic heterocycles. The molecule has 0 bridgehead atoms. The molecule has 2 N–H and O–H groups in total. The Kier molecular flexibility index (Phi) is 3.04. The monoisotopic (exact) mass is 231 g/mol. The SMILES string of the molecule is NCCN1CCN2c3ccccc3CCC2C1. The van der Waals surface area contributed by atoms with Crippen molar-refractivity contribution in [2.45, 2.75) is 18.9 Å². The van der Waals surface area contributed by atoms with Crippen molar-refractivity contribution in [3.8, 4) is 0 Å². The molecule has 2 aliphatic rings. The second-order valence-electron chi connectivity index (χ2n) is 5.10. The molecule has 1 aromatic rings. The van der Waals surface area contributed by atoms with E-state index >= 15 is 0 Å². The van der Waals surface area contributed by atoms with Crippen LogP contribution in [-0.4, -0.2) is 43.7 Å². The van der Waals surface area contributed by atoms with Gasteiger partial charge >= 0.3 is 0 Å². The largest absolute Gasteiger partial charge is 0.366 e. The van der Waals surface area contributed by atoms with Crippen molar-refractivity contribution in [1.29, 1.82) is 0 Å². The number of piperazine rings is 1. The van der Waals surface area contributed by atoms with E-state index in [4.69, 9.17) is 5.73 Å². The molecule has 2 heterocycles. The minimum atomic E-state index is 0.699. The molecule has 0 spiro atoms. The fourth-order valence-electron chi connectivity index (χ4n) is 3.19. The fraction of sp³-hybridized carbons (Fsp3) is 0.571. The molecule has 0 aromatic heterocycles. The van der Waals surface area contributed by atoms with Crippen molar-refractivity contribution in [2.75, 3.05) is 37.6 Å². The van der Waals surface area contributed by atoms with Gasteiger partial charge in [0.05, 0.1) is 0 Å². The van der Waals surface area contributed by atoms with Gasteiger partial charge in [0.25, 0.3) is 0 Å². The third kappa shape index (κ3) is 2.05. The Morgan fingerprint density at radius 3 is 3.00 bits per heavy atom. The molecular formula is C14H21N3. The van der Waals surface area contributed by atoms with Crippen LogP contribution in [0.5, 0.6) is 0 Å². The summed E-state index contributed by atoms with van der Waals surface area (Å²) in [6.45, 7) is 5.32. The van der Waals surface area contributed by atoms with Gasteiger partial charge in [-0.1, -0.05) is 18.2 Å². The summed E-state index contributed by atoms with van der Waals surface area (Å²) in [5.74, 6) is 0. The maximum Gasteiger partial charge on any atom is 0.0420 e. The average Bonchev–Trinajstić information content (AvgIpc) is 2.39. The van der Waals surface area contributed by atoms with Gasteiger partial charge in [0.2, 0.25) is 0 Å². The summed E-state index contributed by atoms with van der Waals surface area (Å²) in [7, 11) is 0. The van der Waals surface area contributed by atoms with Gasteiger partial charge in [0.15, 0.2) is 0 Å². The lowest BCUT2D eigenvalue weighted by Gasteiger charge is -2.46. The summed E-state index contributed by atoms with van der Waals surface area (Å²) in [5.41, 5.74) is 8.64. The minimum absolute atomic E-state index is 0.699. The van der Waals surface area contributed by atoms with Gasteiger partial charge in [-0.05, 0) is 24.5 Å². The lowest BCUT2D eigenvalue weighted by Crippen LogP contribution is -2.55. The van der Waals surface area contributed by atoms with E-state index in [1.165, 1.54) is 30.6 Å². The third-order valence-corrected chi connectivity index (χ3v) is 4.06. The van der Waals surface area contributed by atoms with Gasteiger partial charge in [0, 0.05) is 44.5 Å². The zero-order valence-corrected chi connectivity index (χ0v) is 10.3. The minimum Gasteiger partial charge on any atom is -0.366 e. The average molecular weight is 231 g/mol. The van der Waals surface area contributed by atoms with Crippen LogP contribution in [0.4, 0.5) is 5.69 Å². The van der Waals surface area contributed by atoms with Crippen LogP contribution in [0.25, 0.3) is 0 Å². The van der Waals surface area contributed by atoms with Crippen molar-refractivity contribution < 1.29 is 0 Å². The van der Waals surface area contributed by atoms with Crippen molar-refractivity contribution >= 4 is 5.69 Å². The van der Waals surface area contributed by atoms with Gasteiger partial charge in [-0.3, -0.25) is 4.90 Å². The number of nitrogens with two attached hydrogens (primary N) is 1. The normalized spacial score (nSPS) is 24.3. The Balaban J connectivity index is 1.78. The highest BCUT2D eigenvalue weighted by Crippen LogP contribution is 2.32. The first kappa shape index (κ1) is 11.1. The quantitative estimate of drug-likeness (QED) is 0.827. The van der Waals surface area contributed by atoms with Crippen LogP contribution in [0.15, 0.2) is 24.3 Å². The number of rotatable bonds is 2. The van der Waals surface area contributed by atoms with E-state index in [2.05, 4.69) is 34.1 Å². The standard InChI is InChI=1S/C14H21N3/c15-7-8-16-9-10-17-13(11-16)6-5-12-3-1-2-4-14(12)17/h1-4,13H,5-11,15H2. The summed E-state index contributed by atoms with van der Waals surface area (Å²) in [6, 6.07) is 9.57. The van der Waals surface area contributed by atoms with Crippen LogP contribution in [0.3, 0.4) is 0 Å². The van der Waals surface area contributed by atoms with E-state index in [1.807, 2.05) is 0 Å². The molecule has 1 atom stereocenters. The molecule has 0 aliphatic carbocycles. The molecule has 17 heavy (non-hydrogen) atoms. The summed E-state index contributed by atoms with van der Waals surface area (Å²) >= 11 is 0. The summed E-state index contributed by atoms with van der Waals surface area (Å²) < 4.78 is 0. The second kappa shape index (κ2) is 4.67. The summed E-state index contributed by atoms with van der Waals surface area (Å²) in [6.07, 6.45) is 2.52. The highest BCUT2D eigenvalue weighted by atomic mass is 15.3. The molecule has 3 nitrogen and oxygen atoms in total. The summed E-state index contributed by atoms with van der Waals surface area (Å²) in [4.78, 5) is 5.11. The highest BCUT2D eigenvalue weighted by Gasteiger charge is 2.30. The molecule has 3 heteroatoms. The van der Waals surface area contributed by atoms with Gasteiger partial charge in [0.1, 0.15) is 0 Å². The first-order chi connectivity index (χ1) is 8.38. The Morgan fingerprint density at radius 2 is 2.12 bits per heavy atom. The molecule has 1 fully saturated rings. The van der Waals surface area contributed by atoms with Crippen LogP contribution < -0.4 is 10.6 Å². The van der Waals surface area contributed by atoms with E-state index in [1.54, 1.807) is 0 Å². The Bertz CT molecular complexity index is 391. The van der Waals surface area contributed by atoms with Crippen molar-refractivity contribution in [3.63, 3.8) is 0 Å². The number of fused-ring (bicyclic) bond motifs is 3. The topological polar surface area (TPSA) is 32.5 Å². The molecule has 3 rings (SSSR count). The Morgan fingerprint density at radius 1 is 1.24 bits per heavy atom. The predicted molar refractivity (Wildman–Crippen MR) is 71.4 cm³/mol. The van der Waals surface area contributed by atoms with Crippen LogP contribution in [0.2, 0.25) is 0 Å². The van der Waals surface area contributed by atoms with Crippen molar-refractivity contribution in [2.24, 2.45) is 5.73 Å². The van der Waals surface area contributed by atoms with Crippen LogP contribution in [-0.2, 0) is 6.42 Å². The van der Waals surface area contributed by atoms with Crippen molar-refractivity contribution in [3.05, 3.63) is 29.8 Å². The third-order valence-electron chi connectivity index (χ3n) is 4.06. The molecule has 0 radical (unpaired) electrons. The number of nitrogens with zero attached hydrogens (tertiary/aromatic N) is 2. The zero-order chi connectivity index (χ0) is 11.7. The first-order valence-corrected chi connectivity index (χ1v) is 6.65. The molecule has 1 aromatic carbocycles. The van der Waals surface area contributed by atoms with Crippen LogP contribution in [0.1, 0.15) is 12.0 Å². The van der Waals surface area contributed by atoms with Crippen molar-refractivity contribution in [1.82, 2.24) is 4.90 Å². The molecule has 92 valence electrons. The number of hydrogen-bond donors (Lipinski definition) is 1. The van der Waals surface area contributed by atoms with Gasteiger partial charge in [-0.15, -0.1) is 0 Å². The molecule has 0 amide bonds. The molecule has 0 saturated carbocycles. The lowest BCUT2D eigenvalue weighted by molar-refractivity contribution is 0.219. The summed E-state index contributed by atoms with van der Waals surface area (Å²) in [5, 5.41) is 0. The number of aryl methyl sites for hydroxylation is 1. The lowest BCUT2D eigenvalue weighted by atomic mass is 9.94. The number of para-hydroxylation sites is 1. The van der Waals surface area contributed by atoms with E-state index < -0.39 is 0 Å². The number of anilines is 1. The number of benzene rings is 1. The Labute approximate surface area is 103 Å². The molecular weight excluding hydrogens is 210 g/mol. The Hall–Kier alpha value is -1.06. The van der Waals surface area contributed by atoms with E-state index in [9.17, 15) is 0 Å². The van der Waals surface area contributed by atoms with E-state index in [0.717, 1.165) is 26.2 Å². The van der Waals surface area contributed by atoms with Crippen LogP contribution >= 0.6 is 0 Å². The zero-order valence-electron chi connectivity index (χ0n) is 10.3. The van der Waals surface area contributed by atoms with E-state index in [0.29, 0.717) is 6.04 Å². The molecule has 1 unspecified atom stereocenters. The van der Waals surface area contributed by atoms with Gasteiger partial charge in [-0.2, -0.15) is 0 Å².